The van der Waals surface area contributed by atoms with Gasteiger partial charge in [-0.15, -0.1) is 0 Å². The average Bonchev–Trinajstić information content (AvgIpc) is 3.30. The first-order valence-electron chi connectivity index (χ1n) is 16.1. The van der Waals surface area contributed by atoms with Crippen molar-refractivity contribution >= 4 is 17.7 Å². The van der Waals surface area contributed by atoms with Crippen molar-refractivity contribution in [3.63, 3.8) is 0 Å². The smallest absolute Gasteiger partial charge is 0.384 e. The zero-order chi connectivity index (χ0) is 30.2. The van der Waals surface area contributed by atoms with Crippen molar-refractivity contribution in [1.29, 1.82) is 0 Å². The van der Waals surface area contributed by atoms with Gasteiger partial charge in [0.1, 0.15) is 6.10 Å². The van der Waals surface area contributed by atoms with E-state index in [0.29, 0.717) is 23.7 Å². The van der Waals surface area contributed by atoms with Crippen molar-refractivity contribution in [1.82, 2.24) is 0 Å². The lowest BCUT2D eigenvalue weighted by atomic mass is 9.32. The van der Waals surface area contributed by atoms with E-state index in [9.17, 15) is 14.4 Å². The second-order valence-corrected chi connectivity index (χ2v) is 15.9. The quantitative estimate of drug-likeness (QED) is 0.118. The van der Waals surface area contributed by atoms with Gasteiger partial charge < -0.3 is 9.47 Å². The number of fused-ring (bicyclic) bond motifs is 7. The maximum absolute atomic E-state index is 13.9. The summed E-state index contributed by atoms with van der Waals surface area (Å²) in [5, 5.41) is 0. The topological polar surface area (TPSA) is 69.7 Å². The van der Waals surface area contributed by atoms with E-state index in [0.717, 1.165) is 51.4 Å². The monoisotopic (exact) mass is 564 g/mol. The number of esters is 2. The minimum absolute atomic E-state index is 0.0171. The molecule has 5 heteroatoms. The minimum Gasteiger partial charge on any atom is -0.462 e. The normalized spacial score (nSPS) is 45.9. The molecular formula is C36H52O5. The van der Waals surface area contributed by atoms with Gasteiger partial charge >= 0.3 is 11.9 Å². The molecule has 226 valence electrons. The maximum atomic E-state index is 13.9. The highest BCUT2D eigenvalue weighted by Gasteiger charge is 2.71. The third-order valence-electron chi connectivity index (χ3n) is 14.2. The molecule has 5 rings (SSSR count). The highest BCUT2D eigenvalue weighted by atomic mass is 16.5. The first-order chi connectivity index (χ1) is 19.1. The highest BCUT2D eigenvalue weighted by molar-refractivity contribution is 6.05. The number of rotatable bonds is 3. The van der Waals surface area contributed by atoms with Crippen LogP contribution >= 0.6 is 0 Å². The zero-order valence-corrected chi connectivity index (χ0v) is 26.8. The van der Waals surface area contributed by atoms with Crippen molar-refractivity contribution < 1.29 is 23.9 Å². The molecule has 0 amide bonds. The van der Waals surface area contributed by atoms with E-state index in [-0.39, 0.29) is 45.4 Å². The fourth-order valence-corrected chi connectivity index (χ4v) is 12.2. The molecule has 5 nitrogen and oxygen atoms in total. The molecule has 0 radical (unpaired) electrons. The van der Waals surface area contributed by atoms with Gasteiger partial charge in [0.05, 0.1) is 7.11 Å². The van der Waals surface area contributed by atoms with Crippen LogP contribution in [0.4, 0.5) is 0 Å². The molecule has 0 spiro atoms. The van der Waals surface area contributed by atoms with Gasteiger partial charge in [0.25, 0.3) is 0 Å². The molecule has 5 aliphatic carbocycles. The molecule has 5 aliphatic rings. The van der Waals surface area contributed by atoms with E-state index in [4.69, 9.17) is 9.47 Å². The molecule has 10 atom stereocenters. The molecule has 5 fully saturated rings. The molecule has 41 heavy (non-hydrogen) atoms. The van der Waals surface area contributed by atoms with E-state index < -0.39 is 11.4 Å². The molecule has 0 aromatic carbocycles. The molecular weight excluding hydrogens is 512 g/mol. The fraction of sp³-hybridized carbons (Fsp3) is 0.806. The van der Waals surface area contributed by atoms with Crippen LogP contribution in [0.5, 0.6) is 0 Å². The predicted molar refractivity (Wildman–Crippen MR) is 159 cm³/mol. The Bertz CT molecular complexity index is 1200. The lowest BCUT2D eigenvalue weighted by Crippen LogP contribution is -2.67. The molecule has 0 aromatic heterocycles. The molecule has 0 saturated heterocycles. The summed E-state index contributed by atoms with van der Waals surface area (Å²) in [5.41, 5.74) is 1.11. The Hall–Kier alpha value is -2.09. The summed E-state index contributed by atoms with van der Waals surface area (Å²) in [7, 11) is 1.31. The number of carbonyl (C=O) groups is 3. The van der Waals surface area contributed by atoms with Crippen LogP contribution in [0.15, 0.2) is 12.2 Å². The first-order valence-corrected chi connectivity index (χ1v) is 16.1. The summed E-state index contributed by atoms with van der Waals surface area (Å²) in [6.07, 6.45) is 10.3. The third-order valence-corrected chi connectivity index (χ3v) is 14.2. The van der Waals surface area contributed by atoms with Crippen LogP contribution in [0, 0.1) is 68.5 Å². The SMILES string of the molecule is C=C(C)[C@@H]1CC[C@]2(C(=O)C#CC(=O)OC)CC[C@]3(C)[C@H](CC[C@@H]4[C@@]5(C)CC[C@H](OC(C)=O)C(C)(C)[C@@H]5CC[C@]43C)[C@@H]12. The number of hydrogen-bond acceptors (Lipinski definition) is 5. The van der Waals surface area contributed by atoms with Crippen molar-refractivity contribution in [2.75, 3.05) is 7.11 Å². The van der Waals surface area contributed by atoms with Gasteiger partial charge in [0.2, 0.25) is 5.78 Å². The van der Waals surface area contributed by atoms with E-state index >= 15 is 0 Å². The lowest BCUT2D eigenvalue weighted by Gasteiger charge is -2.72. The van der Waals surface area contributed by atoms with Gasteiger partial charge in [-0.2, -0.15) is 0 Å². The average molecular weight is 565 g/mol. The van der Waals surface area contributed by atoms with E-state index in [2.05, 4.69) is 60.0 Å². The van der Waals surface area contributed by atoms with Crippen LogP contribution < -0.4 is 0 Å². The van der Waals surface area contributed by atoms with E-state index in [1.165, 1.54) is 25.5 Å². The molecule has 0 heterocycles. The largest absolute Gasteiger partial charge is 0.462 e. The summed E-state index contributed by atoms with van der Waals surface area (Å²) >= 11 is 0. The number of hydrogen-bond donors (Lipinski definition) is 0. The Labute approximate surface area is 248 Å². The van der Waals surface area contributed by atoms with Crippen LogP contribution in [-0.2, 0) is 23.9 Å². The van der Waals surface area contributed by atoms with Crippen molar-refractivity contribution in [3.8, 4) is 11.8 Å². The van der Waals surface area contributed by atoms with Gasteiger partial charge in [-0.05, 0) is 123 Å². The van der Waals surface area contributed by atoms with Crippen LogP contribution in [0.1, 0.15) is 113 Å². The molecule has 0 unspecified atom stereocenters. The highest BCUT2D eigenvalue weighted by Crippen LogP contribution is 2.77. The van der Waals surface area contributed by atoms with Gasteiger partial charge in [-0.25, -0.2) is 4.79 Å². The number of methoxy groups -OCH3 is 1. The molecule has 0 aromatic rings. The molecule has 5 saturated carbocycles. The van der Waals surface area contributed by atoms with Gasteiger partial charge in [0.15, 0.2) is 0 Å². The molecule has 0 N–H and O–H groups in total. The predicted octanol–water partition coefficient (Wildman–Crippen LogP) is 7.32. The van der Waals surface area contributed by atoms with Gasteiger partial charge in [-0.3, -0.25) is 9.59 Å². The number of allylic oxidation sites excluding steroid dienone is 1. The Morgan fingerprint density at radius 1 is 0.780 bits per heavy atom. The summed E-state index contributed by atoms with van der Waals surface area (Å²) in [6, 6.07) is 0. The van der Waals surface area contributed by atoms with E-state index in [1.807, 2.05) is 0 Å². The Morgan fingerprint density at radius 3 is 2.12 bits per heavy atom. The number of ketones is 1. The van der Waals surface area contributed by atoms with Crippen molar-refractivity contribution in [3.05, 3.63) is 12.2 Å². The third kappa shape index (κ3) is 4.20. The summed E-state index contributed by atoms with van der Waals surface area (Å²) < 4.78 is 10.6. The Morgan fingerprint density at radius 2 is 1.49 bits per heavy atom. The first kappa shape index (κ1) is 30.4. The summed E-state index contributed by atoms with van der Waals surface area (Å²) in [4.78, 5) is 37.7. The van der Waals surface area contributed by atoms with Crippen molar-refractivity contribution in [2.24, 2.45) is 56.7 Å². The fourth-order valence-electron chi connectivity index (χ4n) is 12.2. The second kappa shape index (κ2) is 9.99. The number of ether oxygens (including phenoxy) is 2. The van der Waals surface area contributed by atoms with Crippen molar-refractivity contribution in [2.45, 2.75) is 119 Å². The zero-order valence-electron chi connectivity index (χ0n) is 26.8. The van der Waals surface area contributed by atoms with Crippen LogP contribution in [0.25, 0.3) is 0 Å². The van der Waals surface area contributed by atoms with Gasteiger partial charge in [-0.1, -0.05) is 46.8 Å². The Balaban J connectivity index is 1.51. The number of Topliss-reactive ketones (excluding diaryl/α,β-unsaturated/α-hetero) is 1. The van der Waals surface area contributed by atoms with Gasteiger partial charge in [0, 0.05) is 23.7 Å². The lowest BCUT2D eigenvalue weighted by molar-refractivity contribution is -0.248. The summed E-state index contributed by atoms with van der Waals surface area (Å²) in [6.45, 7) is 20.5. The molecule has 0 aliphatic heterocycles. The minimum atomic E-state index is -0.647. The van der Waals surface area contributed by atoms with Crippen LogP contribution in [0.2, 0.25) is 0 Å². The van der Waals surface area contributed by atoms with Crippen LogP contribution in [-0.4, -0.2) is 30.9 Å². The number of carbonyl (C=O) groups excluding carboxylic acids is 3. The maximum Gasteiger partial charge on any atom is 0.384 e. The summed E-state index contributed by atoms with van der Waals surface area (Å²) in [5.74, 6) is 6.39. The van der Waals surface area contributed by atoms with Crippen LogP contribution in [0.3, 0.4) is 0 Å². The molecule has 0 bridgehead atoms. The Kier molecular flexibility index (Phi) is 7.40. The second-order valence-electron chi connectivity index (χ2n) is 15.9. The van der Waals surface area contributed by atoms with E-state index in [1.54, 1.807) is 6.92 Å². The standard InChI is InChI=1S/C36H52O5/c1-22(2)24-14-19-36(28(38)12-13-30(39)40-9)21-20-34(7)25(31(24)36)10-11-27-33(6)17-16-29(41-23(3)37)32(4,5)26(33)15-18-35(27,34)8/h24-27,29,31H,1,10-11,14-21H2,2-9H3/t24-,25+,26-,27+,29-,31+,33-,34+,35+,36+/m0/s1.